The number of ether oxygens (including phenoxy) is 1. The molecule has 96 valence electrons. The average molecular weight is 378 g/mol. The Labute approximate surface area is 121 Å². The van der Waals surface area contributed by atoms with Crippen LogP contribution in [0.15, 0.2) is 21.3 Å². The first kappa shape index (κ1) is 13.5. The smallest absolute Gasteiger partial charge is 0.311 e. The molecule has 1 saturated heterocycles. The minimum atomic E-state index is -0.405. The molecular formula is C11H10Br2N2O3. The Morgan fingerprint density at radius 1 is 1.50 bits per heavy atom. The molecule has 7 heteroatoms. The van der Waals surface area contributed by atoms with E-state index in [1.165, 1.54) is 7.11 Å². The molecule has 1 aliphatic heterocycles. The van der Waals surface area contributed by atoms with Crippen LogP contribution in [0.2, 0.25) is 0 Å². The van der Waals surface area contributed by atoms with Crippen LogP contribution in [0, 0.1) is 5.92 Å². The molecule has 0 aromatic carbocycles. The van der Waals surface area contributed by atoms with Gasteiger partial charge in [-0.1, -0.05) is 0 Å². The second kappa shape index (κ2) is 5.36. The molecule has 18 heavy (non-hydrogen) atoms. The maximum atomic E-state index is 11.9. The van der Waals surface area contributed by atoms with E-state index in [4.69, 9.17) is 0 Å². The van der Waals surface area contributed by atoms with Crippen molar-refractivity contribution in [3.8, 4) is 0 Å². The Bertz CT molecular complexity index is 507. The fourth-order valence-corrected chi connectivity index (χ4v) is 2.96. The van der Waals surface area contributed by atoms with Crippen molar-refractivity contribution in [3.63, 3.8) is 0 Å². The molecular weight excluding hydrogens is 368 g/mol. The van der Waals surface area contributed by atoms with Crippen LogP contribution in [0.5, 0.6) is 0 Å². The van der Waals surface area contributed by atoms with Gasteiger partial charge in [0.15, 0.2) is 0 Å². The van der Waals surface area contributed by atoms with Gasteiger partial charge in [0.25, 0.3) is 0 Å². The van der Waals surface area contributed by atoms with Gasteiger partial charge in [-0.3, -0.25) is 9.59 Å². The molecule has 0 N–H and O–H groups in total. The topological polar surface area (TPSA) is 59.5 Å². The van der Waals surface area contributed by atoms with E-state index in [-0.39, 0.29) is 18.3 Å². The predicted molar refractivity (Wildman–Crippen MR) is 72.1 cm³/mol. The number of amides is 1. The first-order valence-electron chi connectivity index (χ1n) is 5.23. The number of nitrogens with zero attached hydrogens (tertiary/aromatic N) is 2. The molecule has 1 unspecified atom stereocenters. The molecule has 0 aliphatic carbocycles. The van der Waals surface area contributed by atoms with Crippen LogP contribution in [0.3, 0.4) is 0 Å². The van der Waals surface area contributed by atoms with Crippen LogP contribution in [0.25, 0.3) is 0 Å². The first-order chi connectivity index (χ1) is 8.52. The van der Waals surface area contributed by atoms with Crippen LogP contribution in [-0.4, -0.2) is 30.5 Å². The summed E-state index contributed by atoms with van der Waals surface area (Å²) >= 11 is 6.56. The number of methoxy groups -OCH3 is 1. The monoisotopic (exact) mass is 376 g/mol. The van der Waals surface area contributed by atoms with Crippen molar-refractivity contribution in [2.45, 2.75) is 6.42 Å². The number of carbonyl (C=O) groups excluding carboxylic acids is 2. The van der Waals surface area contributed by atoms with E-state index in [9.17, 15) is 9.59 Å². The number of hydrogen-bond donors (Lipinski definition) is 0. The summed E-state index contributed by atoms with van der Waals surface area (Å²) in [5.41, 5.74) is 0.662. The Morgan fingerprint density at radius 2 is 2.22 bits per heavy atom. The Hall–Kier alpha value is -0.950. The zero-order valence-corrected chi connectivity index (χ0v) is 12.7. The number of rotatable bonds is 2. The van der Waals surface area contributed by atoms with Gasteiger partial charge in [-0.2, -0.15) is 0 Å². The molecule has 2 rings (SSSR count). The van der Waals surface area contributed by atoms with Crippen molar-refractivity contribution >= 4 is 49.4 Å². The molecule has 1 fully saturated rings. The second-order valence-corrected chi connectivity index (χ2v) is 5.44. The summed E-state index contributed by atoms with van der Waals surface area (Å²) in [4.78, 5) is 29.1. The number of hydrogen-bond acceptors (Lipinski definition) is 4. The molecule has 1 amide bonds. The summed E-state index contributed by atoms with van der Waals surface area (Å²) in [5, 5.41) is 0. The van der Waals surface area contributed by atoms with E-state index >= 15 is 0 Å². The molecule has 1 aliphatic rings. The predicted octanol–water partition coefficient (Wildman–Crippen LogP) is 2.13. The van der Waals surface area contributed by atoms with E-state index in [2.05, 4.69) is 41.6 Å². The van der Waals surface area contributed by atoms with E-state index < -0.39 is 5.92 Å². The lowest BCUT2D eigenvalue weighted by Crippen LogP contribution is -2.26. The van der Waals surface area contributed by atoms with E-state index in [0.717, 1.165) is 0 Å². The van der Waals surface area contributed by atoms with Crippen molar-refractivity contribution in [2.75, 3.05) is 18.6 Å². The first-order valence-corrected chi connectivity index (χ1v) is 6.81. The number of anilines is 1. The summed E-state index contributed by atoms with van der Waals surface area (Å²) < 4.78 is 5.90. The highest BCUT2D eigenvalue weighted by Crippen LogP contribution is 2.31. The van der Waals surface area contributed by atoms with Crippen LogP contribution in [0.1, 0.15) is 6.42 Å². The number of pyridine rings is 1. The van der Waals surface area contributed by atoms with Crippen molar-refractivity contribution < 1.29 is 14.3 Å². The molecule has 0 bridgehead atoms. The van der Waals surface area contributed by atoms with Crippen molar-refractivity contribution in [2.24, 2.45) is 5.92 Å². The fraction of sp³-hybridized carbons (Fsp3) is 0.364. The van der Waals surface area contributed by atoms with Gasteiger partial charge >= 0.3 is 5.97 Å². The third kappa shape index (κ3) is 2.56. The Kier molecular flexibility index (Phi) is 4.01. The maximum absolute atomic E-state index is 11.9. The van der Waals surface area contributed by atoms with Gasteiger partial charge < -0.3 is 9.64 Å². The van der Waals surface area contributed by atoms with E-state index in [1.54, 1.807) is 17.0 Å². The average Bonchev–Trinajstić information content (AvgIpc) is 2.70. The second-order valence-electron chi connectivity index (χ2n) is 3.87. The minimum absolute atomic E-state index is 0.102. The lowest BCUT2D eigenvalue weighted by molar-refractivity contribution is -0.145. The summed E-state index contributed by atoms with van der Waals surface area (Å²) in [6, 6.07) is 3.53. The lowest BCUT2D eigenvalue weighted by atomic mass is 10.1. The molecule has 1 atom stereocenters. The molecule has 1 aromatic heterocycles. The van der Waals surface area contributed by atoms with Gasteiger partial charge in [0.05, 0.1) is 18.7 Å². The largest absolute Gasteiger partial charge is 0.469 e. The van der Waals surface area contributed by atoms with Crippen molar-refractivity contribution in [1.82, 2.24) is 4.98 Å². The third-order valence-electron chi connectivity index (χ3n) is 2.75. The van der Waals surface area contributed by atoms with Gasteiger partial charge in [0, 0.05) is 13.0 Å². The maximum Gasteiger partial charge on any atom is 0.311 e. The molecule has 0 spiro atoms. The SMILES string of the molecule is COC(=O)C1CC(=O)N(c2ccc(Br)nc2Br)C1. The normalized spacial score (nSPS) is 19.2. The summed E-state index contributed by atoms with van der Waals surface area (Å²) in [6.07, 6.45) is 0.176. The minimum Gasteiger partial charge on any atom is -0.469 e. The van der Waals surface area contributed by atoms with Crippen molar-refractivity contribution in [1.29, 1.82) is 0 Å². The van der Waals surface area contributed by atoms with Crippen molar-refractivity contribution in [3.05, 3.63) is 21.3 Å². The third-order valence-corrected chi connectivity index (χ3v) is 3.77. The van der Waals surface area contributed by atoms with Gasteiger partial charge in [-0.25, -0.2) is 4.98 Å². The quantitative estimate of drug-likeness (QED) is 0.585. The molecule has 1 aromatic rings. The summed E-state index contributed by atoms with van der Waals surface area (Å²) in [7, 11) is 1.33. The number of esters is 1. The van der Waals surface area contributed by atoms with E-state index in [1.807, 2.05) is 0 Å². The Balaban J connectivity index is 2.24. The summed E-state index contributed by atoms with van der Waals surface area (Å²) in [5.74, 6) is -0.861. The highest BCUT2D eigenvalue weighted by atomic mass is 79.9. The zero-order chi connectivity index (χ0) is 13.3. The molecule has 2 heterocycles. The number of aromatic nitrogens is 1. The van der Waals surface area contributed by atoms with Crippen LogP contribution in [-0.2, 0) is 14.3 Å². The van der Waals surface area contributed by atoms with Crippen LogP contribution >= 0.6 is 31.9 Å². The van der Waals surface area contributed by atoms with E-state index in [0.29, 0.717) is 21.4 Å². The van der Waals surface area contributed by atoms with Gasteiger partial charge in [0.2, 0.25) is 5.91 Å². The van der Waals surface area contributed by atoms with Crippen LogP contribution < -0.4 is 4.90 Å². The fourth-order valence-electron chi connectivity index (χ4n) is 1.87. The molecule has 0 radical (unpaired) electrons. The Morgan fingerprint density at radius 3 is 2.83 bits per heavy atom. The highest BCUT2D eigenvalue weighted by molar-refractivity contribution is 9.11. The lowest BCUT2D eigenvalue weighted by Gasteiger charge is -2.17. The van der Waals surface area contributed by atoms with Gasteiger partial charge in [-0.05, 0) is 44.0 Å². The molecule has 5 nitrogen and oxygen atoms in total. The highest BCUT2D eigenvalue weighted by Gasteiger charge is 2.36. The number of carbonyl (C=O) groups is 2. The molecule has 0 saturated carbocycles. The van der Waals surface area contributed by atoms with Gasteiger partial charge in [-0.15, -0.1) is 0 Å². The van der Waals surface area contributed by atoms with Crippen LogP contribution in [0.4, 0.5) is 5.69 Å². The summed E-state index contributed by atoms with van der Waals surface area (Å²) in [6.45, 7) is 0.327. The standard InChI is InChI=1S/C11H10Br2N2O3/c1-18-11(17)6-4-9(16)15(5-6)7-2-3-8(12)14-10(7)13/h2-3,6H,4-5H2,1H3. The van der Waals surface area contributed by atoms with Gasteiger partial charge in [0.1, 0.15) is 9.21 Å². The number of halogens is 2. The zero-order valence-electron chi connectivity index (χ0n) is 9.52.